The van der Waals surface area contributed by atoms with E-state index in [2.05, 4.69) is 11.1 Å². The number of fused-ring (bicyclic) bond motifs is 1. The molecule has 2 aromatic carbocycles. The fraction of sp³-hybridized carbons (Fsp3) is 0.125. The SMILES string of the molecule is COc1ccc(C#N)c(-n2c(C)nc3ccccc32)c1. The van der Waals surface area contributed by atoms with Crippen LogP contribution in [0.4, 0.5) is 0 Å². The highest BCUT2D eigenvalue weighted by atomic mass is 16.5. The number of benzene rings is 2. The maximum Gasteiger partial charge on any atom is 0.121 e. The molecule has 0 amide bonds. The number of imidazole rings is 1. The van der Waals surface area contributed by atoms with Gasteiger partial charge in [-0.2, -0.15) is 5.26 Å². The van der Waals surface area contributed by atoms with Gasteiger partial charge in [-0.15, -0.1) is 0 Å². The van der Waals surface area contributed by atoms with Gasteiger partial charge in [0.05, 0.1) is 29.4 Å². The monoisotopic (exact) mass is 263 g/mol. The summed E-state index contributed by atoms with van der Waals surface area (Å²) in [7, 11) is 1.62. The number of aryl methyl sites for hydroxylation is 1. The second-order valence-electron chi connectivity index (χ2n) is 4.48. The standard InChI is InChI=1S/C16H13N3O/c1-11-18-14-5-3-4-6-15(14)19(11)16-9-13(20-2)8-7-12(16)10-17/h3-9H,1-2H3. The Morgan fingerprint density at radius 2 is 2.00 bits per heavy atom. The molecule has 3 rings (SSSR count). The van der Waals surface area contributed by atoms with E-state index in [0.717, 1.165) is 28.3 Å². The minimum absolute atomic E-state index is 0.594. The molecule has 20 heavy (non-hydrogen) atoms. The van der Waals surface area contributed by atoms with Gasteiger partial charge in [0.15, 0.2) is 0 Å². The van der Waals surface area contributed by atoms with Gasteiger partial charge < -0.3 is 4.74 Å². The van der Waals surface area contributed by atoms with Gasteiger partial charge in [0.2, 0.25) is 0 Å². The minimum Gasteiger partial charge on any atom is -0.497 e. The van der Waals surface area contributed by atoms with E-state index in [9.17, 15) is 5.26 Å². The highest BCUT2D eigenvalue weighted by Gasteiger charge is 2.13. The number of aromatic nitrogens is 2. The first-order valence-corrected chi connectivity index (χ1v) is 6.27. The summed E-state index contributed by atoms with van der Waals surface area (Å²) in [4.78, 5) is 4.53. The van der Waals surface area contributed by atoms with E-state index in [4.69, 9.17) is 4.74 Å². The van der Waals surface area contributed by atoms with Crippen molar-refractivity contribution in [2.75, 3.05) is 7.11 Å². The lowest BCUT2D eigenvalue weighted by atomic mass is 10.1. The molecule has 0 atom stereocenters. The molecular weight excluding hydrogens is 250 g/mol. The van der Waals surface area contributed by atoms with Gasteiger partial charge in [0.1, 0.15) is 17.6 Å². The molecule has 0 unspecified atom stereocenters. The molecule has 0 spiro atoms. The van der Waals surface area contributed by atoms with Crippen LogP contribution in [-0.2, 0) is 0 Å². The lowest BCUT2D eigenvalue weighted by molar-refractivity contribution is 0.414. The Kier molecular flexibility index (Phi) is 2.88. The van der Waals surface area contributed by atoms with Crippen molar-refractivity contribution in [1.29, 1.82) is 5.26 Å². The molecule has 1 aromatic heterocycles. The Bertz CT molecular complexity index is 827. The van der Waals surface area contributed by atoms with Crippen LogP contribution in [0.25, 0.3) is 16.7 Å². The van der Waals surface area contributed by atoms with E-state index in [1.54, 1.807) is 19.2 Å². The summed E-state index contributed by atoms with van der Waals surface area (Å²) < 4.78 is 7.24. The number of ether oxygens (including phenoxy) is 1. The summed E-state index contributed by atoms with van der Waals surface area (Å²) in [6, 6.07) is 15.5. The van der Waals surface area contributed by atoms with E-state index < -0.39 is 0 Å². The van der Waals surface area contributed by atoms with E-state index in [-0.39, 0.29) is 0 Å². The third-order valence-electron chi connectivity index (χ3n) is 3.29. The second kappa shape index (κ2) is 4.71. The van der Waals surface area contributed by atoms with Crippen molar-refractivity contribution in [3.63, 3.8) is 0 Å². The Hall–Kier alpha value is -2.80. The van der Waals surface area contributed by atoms with Crippen molar-refractivity contribution in [1.82, 2.24) is 9.55 Å². The second-order valence-corrected chi connectivity index (χ2v) is 4.48. The van der Waals surface area contributed by atoms with Gasteiger partial charge in [-0.1, -0.05) is 12.1 Å². The number of para-hydroxylation sites is 2. The zero-order chi connectivity index (χ0) is 14.1. The van der Waals surface area contributed by atoms with Crippen LogP contribution < -0.4 is 4.74 Å². The van der Waals surface area contributed by atoms with Crippen LogP contribution in [0, 0.1) is 18.3 Å². The van der Waals surface area contributed by atoms with Crippen molar-refractivity contribution < 1.29 is 4.74 Å². The van der Waals surface area contributed by atoms with Crippen LogP contribution in [0.15, 0.2) is 42.5 Å². The molecule has 0 aliphatic carbocycles. The molecule has 1 heterocycles. The van der Waals surface area contributed by atoms with Crippen LogP contribution in [0.5, 0.6) is 5.75 Å². The van der Waals surface area contributed by atoms with Crippen molar-refractivity contribution in [3.8, 4) is 17.5 Å². The first kappa shape index (κ1) is 12.2. The first-order valence-electron chi connectivity index (χ1n) is 6.27. The van der Waals surface area contributed by atoms with Crippen molar-refractivity contribution in [2.45, 2.75) is 6.92 Å². The van der Waals surface area contributed by atoms with Crippen molar-refractivity contribution in [2.24, 2.45) is 0 Å². The molecule has 4 nitrogen and oxygen atoms in total. The lowest BCUT2D eigenvalue weighted by Gasteiger charge is -2.10. The molecule has 98 valence electrons. The van der Waals surface area contributed by atoms with Crippen LogP contribution in [-0.4, -0.2) is 16.7 Å². The average molecular weight is 263 g/mol. The van der Waals surface area contributed by atoms with Crippen LogP contribution >= 0.6 is 0 Å². The zero-order valence-corrected chi connectivity index (χ0v) is 11.3. The molecule has 0 bridgehead atoms. The molecule has 4 heteroatoms. The highest BCUT2D eigenvalue weighted by molar-refractivity contribution is 5.79. The van der Waals surface area contributed by atoms with Gasteiger partial charge in [-0.3, -0.25) is 4.57 Å². The summed E-state index contributed by atoms with van der Waals surface area (Å²) >= 11 is 0. The topological polar surface area (TPSA) is 50.8 Å². The molecule has 0 saturated carbocycles. The molecule has 0 radical (unpaired) electrons. The number of nitrogens with zero attached hydrogens (tertiary/aromatic N) is 3. The summed E-state index contributed by atoms with van der Waals surface area (Å²) in [6.45, 7) is 1.93. The maximum atomic E-state index is 9.32. The summed E-state index contributed by atoms with van der Waals surface area (Å²) in [5.41, 5.74) is 3.28. The molecule has 0 fully saturated rings. The number of hydrogen-bond acceptors (Lipinski definition) is 3. The third kappa shape index (κ3) is 1.81. The van der Waals surface area contributed by atoms with Gasteiger partial charge in [-0.25, -0.2) is 4.98 Å². The third-order valence-corrected chi connectivity index (χ3v) is 3.29. The van der Waals surface area contributed by atoms with E-state index in [1.807, 2.05) is 41.8 Å². The fourth-order valence-electron chi connectivity index (χ4n) is 2.37. The molecule has 0 saturated heterocycles. The Morgan fingerprint density at radius 1 is 1.20 bits per heavy atom. The van der Waals surface area contributed by atoms with Gasteiger partial charge in [-0.05, 0) is 31.2 Å². The Labute approximate surface area is 116 Å². The predicted octanol–water partition coefficient (Wildman–Crippen LogP) is 3.21. The fourth-order valence-corrected chi connectivity index (χ4v) is 2.37. The molecule has 3 aromatic rings. The van der Waals surface area contributed by atoms with Crippen molar-refractivity contribution in [3.05, 3.63) is 53.9 Å². The van der Waals surface area contributed by atoms with Crippen LogP contribution in [0.2, 0.25) is 0 Å². The smallest absolute Gasteiger partial charge is 0.121 e. The molecule has 0 N–H and O–H groups in total. The first-order chi connectivity index (χ1) is 9.74. The average Bonchev–Trinajstić information content (AvgIpc) is 2.82. The highest BCUT2D eigenvalue weighted by Crippen LogP contribution is 2.26. The normalized spacial score (nSPS) is 10.4. The molecule has 0 aliphatic heterocycles. The quantitative estimate of drug-likeness (QED) is 0.713. The summed E-state index contributed by atoms with van der Waals surface area (Å²) in [6.07, 6.45) is 0. The minimum atomic E-state index is 0.594. The Balaban J connectivity index is 2.36. The molecular formula is C16H13N3O. The largest absolute Gasteiger partial charge is 0.497 e. The van der Waals surface area contributed by atoms with Gasteiger partial charge >= 0.3 is 0 Å². The number of hydrogen-bond donors (Lipinski definition) is 0. The van der Waals surface area contributed by atoms with E-state index >= 15 is 0 Å². The Morgan fingerprint density at radius 3 is 2.75 bits per heavy atom. The van der Waals surface area contributed by atoms with Gasteiger partial charge in [0, 0.05) is 6.07 Å². The van der Waals surface area contributed by atoms with E-state index in [1.165, 1.54) is 0 Å². The van der Waals surface area contributed by atoms with Crippen LogP contribution in [0.1, 0.15) is 11.4 Å². The summed E-state index contributed by atoms with van der Waals surface area (Å²) in [5.74, 6) is 1.56. The van der Waals surface area contributed by atoms with Crippen molar-refractivity contribution >= 4 is 11.0 Å². The number of methoxy groups -OCH3 is 1. The maximum absolute atomic E-state index is 9.32. The number of nitriles is 1. The zero-order valence-electron chi connectivity index (χ0n) is 11.3. The number of rotatable bonds is 2. The van der Waals surface area contributed by atoms with Gasteiger partial charge in [0.25, 0.3) is 0 Å². The van der Waals surface area contributed by atoms with Crippen LogP contribution in [0.3, 0.4) is 0 Å². The molecule has 0 aliphatic rings. The predicted molar refractivity (Wildman–Crippen MR) is 77.1 cm³/mol. The summed E-state index contributed by atoms with van der Waals surface area (Å²) in [5, 5.41) is 9.32. The lowest BCUT2D eigenvalue weighted by Crippen LogP contribution is -2.00. The van der Waals surface area contributed by atoms with E-state index in [0.29, 0.717) is 5.56 Å².